The fourth-order valence-electron chi connectivity index (χ4n) is 2.67. The van der Waals surface area contributed by atoms with Gasteiger partial charge < -0.3 is 0 Å². The molecule has 0 aliphatic rings. The molecule has 6 nitrogen and oxygen atoms in total. The molecule has 2 aromatic carbocycles. The number of hydrogen-bond acceptors (Lipinski definition) is 4. The van der Waals surface area contributed by atoms with Gasteiger partial charge in [-0.2, -0.15) is 0 Å². The van der Waals surface area contributed by atoms with Gasteiger partial charge >= 0.3 is 0 Å². The first kappa shape index (κ1) is 16.4. The Morgan fingerprint density at radius 3 is 2.69 bits per heavy atom. The molecule has 0 saturated heterocycles. The first-order chi connectivity index (χ1) is 12.7. The van der Waals surface area contributed by atoms with Crippen molar-refractivity contribution in [3.05, 3.63) is 82.9 Å². The second kappa shape index (κ2) is 7.05. The summed E-state index contributed by atoms with van der Waals surface area (Å²) in [7, 11) is 0. The normalized spacial score (nSPS) is 10.8. The van der Waals surface area contributed by atoms with Gasteiger partial charge in [-0.1, -0.05) is 52.3 Å². The summed E-state index contributed by atoms with van der Waals surface area (Å²) in [6.45, 7) is 0.572. The lowest BCUT2D eigenvalue weighted by molar-refractivity contribution is 0.102. The van der Waals surface area contributed by atoms with Gasteiger partial charge in [-0.15, -0.1) is 5.10 Å². The molecule has 0 fully saturated rings. The van der Waals surface area contributed by atoms with Gasteiger partial charge in [0.05, 0.1) is 6.54 Å². The van der Waals surface area contributed by atoms with E-state index < -0.39 is 0 Å². The van der Waals surface area contributed by atoms with E-state index in [4.69, 9.17) is 0 Å². The number of pyridine rings is 1. The number of aromatic nitrogens is 4. The van der Waals surface area contributed by atoms with Crippen LogP contribution in [-0.2, 0) is 6.54 Å². The minimum atomic E-state index is -0.330. The van der Waals surface area contributed by atoms with E-state index in [1.165, 1.54) is 0 Å². The summed E-state index contributed by atoms with van der Waals surface area (Å²) >= 11 is 3.41. The Morgan fingerprint density at radius 2 is 1.85 bits per heavy atom. The van der Waals surface area contributed by atoms with Crippen LogP contribution in [0, 0.1) is 0 Å². The molecule has 128 valence electrons. The van der Waals surface area contributed by atoms with Crippen molar-refractivity contribution in [1.29, 1.82) is 0 Å². The molecule has 0 bridgehead atoms. The van der Waals surface area contributed by atoms with Gasteiger partial charge in [0.25, 0.3) is 5.91 Å². The van der Waals surface area contributed by atoms with Crippen LogP contribution in [0.1, 0.15) is 16.1 Å². The van der Waals surface area contributed by atoms with Gasteiger partial charge in [0, 0.05) is 16.1 Å². The Labute approximate surface area is 158 Å². The topological polar surface area (TPSA) is 72.7 Å². The number of hydrogen-bond donors (Lipinski definition) is 1. The maximum Gasteiger partial charge on any atom is 0.277 e. The Bertz CT molecular complexity index is 1070. The fraction of sp³-hybridized carbons (Fsp3) is 0.0526. The molecule has 0 radical (unpaired) electrons. The third kappa shape index (κ3) is 3.48. The highest BCUT2D eigenvalue weighted by Gasteiger charge is 2.13. The summed E-state index contributed by atoms with van der Waals surface area (Å²) < 4.78 is 2.70. The molecule has 0 atom stereocenters. The molecule has 2 heterocycles. The number of fused-ring (bicyclic) bond motifs is 1. The lowest BCUT2D eigenvalue weighted by atomic mass is 10.1. The van der Waals surface area contributed by atoms with Gasteiger partial charge in [-0.3, -0.25) is 15.1 Å². The van der Waals surface area contributed by atoms with E-state index >= 15 is 0 Å². The van der Waals surface area contributed by atoms with Crippen molar-refractivity contribution >= 4 is 38.6 Å². The standard InChI is InChI=1S/C19H14BrN5O/c20-15-7-5-13(6-8-15)11-25-12-22-19(24-25)23-18(26)17-16-4-2-1-3-14(16)9-10-21-17/h1-10,12H,11H2,(H,23,24,26). The van der Waals surface area contributed by atoms with E-state index in [0.717, 1.165) is 20.8 Å². The highest BCUT2D eigenvalue weighted by molar-refractivity contribution is 9.10. The molecule has 4 aromatic rings. The number of anilines is 1. The van der Waals surface area contributed by atoms with E-state index in [0.29, 0.717) is 12.2 Å². The van der Waals surface area contributed by atoms with E-state index in [1.807, 2.05) is 54.6 Å². The monoisotopic (exact) mass is 407 g/mol. The number of amides is 1. The molecular formula is C19H14BrN5O. The predicted octanol–water partition coefficient (Wildman–Crippen LogP) is 3.89. The molecule has 26 heavy (non-hydrogen) atoms. The zero-order valence-corrected chi connectivity index (χ0v) is 15.2. The smallest absolute Gasteiger partial charge is 0.277 e. The molecule has 2 aromatic heterocycles. The van der Waals surface area contributed by atoms with Gasteiger partial charge in [0.2, 0.25) is 5.95 Å². The molecule has 4 rings (SSSR count). The van der Waals surface area contributed by atoms with Crippen LogP contribution < -0.4 is 5.32 Å². The second-order valence-electron chi connectivity index (χ2n) is 5.73. The zero-order valence-electron chi connectivity index (χ0n) is 13.6. The molecule has 1 N–H and O–H groups in total. The third-order valence-electron chi connectivity index (χ3n) is 3.91. The third-order valence-corrected chi connectivity index (χ3v) is 4.44. The highest BCUT2D eigenvalue weighted by atomic mass is 79.9. The Morgan fingerprint density at radius 1 is 1.04 bits per heavy atom. The number of benzene rings is 2. The first-order valence-corrected chi connectivity index (χ1v) is 8.77. The van der Waals surface area contributed by atoms with Gasteiger partial charge in [0.1, 0.15) is 12.0 Å². The molecule has 0 aliphatic carbocycles. The number of halogens is 1. The minimum Gasteiger partial charge on any atom is -0.288 e. The summed E-state index contributed by atoms with van der Waals surface area (Å²) in [6.07, 6.45) is 3.21. The number of nitrogens with one attached hydrogen (secondary N) is 1. The van der Waals surface area contributed by atoms with Crippen LogP contribution in [0.2, 0.25) is 0 Å². The average molecular weight is 408 g/mol. The van der Waals surface area contributed by atoms with Crippen LogP contribution in [0.4, 0.5) is 5.95 Å². The van der Waals surface area contributed by atoms with E-state index in [1.54, 1.807) is 17.2 Å². The fourth-order valence-corrected chi connectivity index (χ4v) is 2.93. The Kier molecular flexibility index (Phi) is 4.45. The summed E-state index contributed by atoms with van der Waals surface area (Å²) in [5.41, 5.74) is 1.44. The SMILES string of the molecule is O=C(Nc1ncn(Cc2ccc(Br)cc2)n1)c1nccc2ccccc12. The van der Waals surface area contributed by atoms with E-state index in [2.05, 4.69) is 36.3 Å². The van der Waals surface area contributed by atoms with Crippen molar-refractivity contribution in [3.63, 3.8) is 0 Å². The quantitative estimate of drug-likeness (QED) is 0.556. The largest absolute Gasteiger partial charge is 0.288 e. The predicted molar refractivity (Wildman–Crippen MR) is 103 cm³/mol. The molecule has 1 amide bonds. The first-order valence-electron chi connectivity index (χ1n) is 7.98. The van der Waals surface area contributed by atoms with Crippen molar-refractivity contribution in [1.82, 2.24) is 19.7 Å². The average Bonchev–Trinajstić information content (AvgIpc) is 3.10. The number of rotatable bonds is 4. The summed E-state index contributed by atoms with van der Waals surface area (Å²) in [5, 5.41) is 8.77. The van der Waals surface area contributed by atoms with E-state index in [-0.39, 0.29) is 11.9 Å². The number of nitrogens with zero attached hydrogens (tertiary/aromatic N) is 4. The molecular weight excluding hydrogens is 394 g/mol. The van der Waals surface area contributed by atoms with Crippen molar-refractivity contribution in [2.45, 2.75) is 6.54 Å². The molecule has 0 aliphatic heterocycles. The van der Waals surface area contributed by atoms with Crippen LogP contribution in [0.15, 0.2) is 71.6 Å². The van der Waals surface area contributed by atoms with Crippen molar-refractivity contribution in [2.24, 2.45) is 0 Å². The number of carbonyl (C=O) groups excluding carboxylic acids is 1. The van der Waals surface area contributed by atoms with Crippen molar-refractivity contribution < 1.29 is 4.79 Å². The molecule has 0 unspecified atom stereocenters. The lowest BCUT2D eigenvalue weighted by Gasteiger charge is -2.04. The minimum absolute atomic E-state index is 0.252. The molecule has 0 saturated carbocycles. The van der Waals surface area contributed by atoms with Crippen LogP contribution in [0.25, 0.3) is 10.8 Å². The van der Waals surface area contributed by atoms with Crippen LogP contribution in [0.3, 0.4) is 0 Å². The van der Waals surface area contributed by atoms with Crippen LogP contribution in [-0.4, -0.2) is 25.7 Å². The number of carbonyl (C=O) groups is 1. The zero-order chi connectivity index (χ0) is 17.9. The Hall–Kier alpha value is -3.06. The summed E-state index contributed by atoms with van der Waals surface area (Å²) in [4.78, 5) is 20.9. The van der Waals surface area contributed by atoms with Crippen LogP contribution in [0.5, 0.6) is 0 Å². The van der Waals surface area contributed by atoms with Crippen LogP contribution >= 0.6 is 15.9 Å². The second-order valence-corrected chi connectivity index (χ2v) is 6.64. The van der Waals surface area contributed by atoms with E-state index in [9.17, 15) is 4.79 Å². The Balaban J connectivity index is 1.51. The van der Waals surface area contributed by atoms with Crippen molar-refractivity contribution in [3.8, 4) is 0 Å². The highest BCUT2D eigenvalue weighted by Crippen LogP contribution is 2.17. The summed E-state index contributed by atoms with van der Waals surface area (Å²) in [6, 6.07) is 17.4. The molecule has 0 spiro atoms. The molecule has 7 heteroatoms. The summed E-state index contributed by atoms with van der Waals surface area (Å²) in [5.74, 6) is -0.0787. The van der Waals surface area contributed by atoms with Gasteiger partial charge in [0.15, 0.2) is 0 Å². The lowest BCUT2D eigenvalue weighted by Crippen LogP contribution is -2.15. The van der Waals surface area contributed by atoms with Gasteiger partial charge in [-0.25, -0.2) is 9.67 Å². The van der Waals surface area contributed by atoms with Crippen molar-refractivity contribution in [2.75, 3.05) is 5.32 Å². The van der Waals surface area contributed by atoms with Gasteiger partial charge in [-0.05, 0) is 29.1 Å². The maximum atomic E-state index is 12.6. The maximum absolute atomic E-state index is 12.6.